The van der Waals surface area contributed by atoms with Gasteiger partial charge in [0.15, 0.2) is 11.9 Å². The summed E-state index contributed by atoms with van der Waals surface area (Å²) in [4.78, 5) is 39.5. The molecule has 0 unspecified atom stereocenters. The minimum Gasteiger partial charge on any atom is -0.387 e. The smallest absolute Gasteiger partial charge is 0.334 e. The van der Waals surface area contributed by atoms with E-state index in [0.717, 1.165) is 30.6 Å². The largest absolute Gasteiger partial charge is 0.387 e. The van der Waals surface area contributed by atoms with Gasteiger partial charge in [0.2, 0.25) is 11.2 Å². The molecule has 13 nitrogen and oxygen atoms in total. The second-order valence-corrected chi connectivity index (χ2v) is 10.4. The Morgan fingerprint density at radius 1 is 1.30 bits per heavy atom. The van der Waals surface area contributed by atoms with Crippen molar-refractivity contribution in [1.29, 1.82) is 0 Å². The van der Waals surface area contributed by atoms with Gasteiger partial charge in [-0.3, -0.25) is 9.36 Å². The van der Waals surface area contributed by atoms with Crippen molar-refractivity contribution in [3.63, 3.8) is 0 Å². The number of hydrogen-bond donors (Lipinski definition) is 5. The van der Waals surface area contributed by atoms with E-state index in [1.54, 1.807) is 0 Å². The Hall–Kier alpha value is -1.86. The number of nitrogens with zero attached hydrogens (tertiary/aromatic N) is 5. The van der Waals surface area contributed by atoms with Crippen LogP contribution < -0.4 is 5.32 Å². The van der Waals surface area contributed by atoms with Crippen LogP contribution in [0.2, 0.25) is 5.28 Å². The van der Waals surface area contributed by atoms with Gasteiger partial charge in [-0.1, -0.05) is 12.8 Å². The van der Waals surface area contributed by atoms with Gasteiger partial charge >= 0.3 is 7.60 Å². The van der Waals surface area contributed by atoms with Crippen LogP contribution >= 0.6 is 19.2 Å². The molecule has 182 valence electrons. The lowest BCUT2D eigenvalue weighted by molar-refractivity contribution is -0.130. The number of anilines is 1. The summed E-state index contributed by atoms with van der Waals surface area (Å²) in [5, 5.41) is 29.3. The molecule has 4 atom stereocenters. The molecule has 4 rings (SSSR count). The first kappa shape index (κ1) is 24.3. The Balaban J connectivity index is 1.54. The van der Waals surface area contributed by atoms with Crippen LogP contribution in [0.5, 0.6) is 0 Å². The summed E-state index contributed by atoms with van der Waals surface area (Å²) in [7, 11) is -3.21. The standard InChI is InChI=1S/C18H26ClN6O7P/c1-24(12(26)8-33(29,30)31)7-11-13(27)14(28)17(32-11)25-16-10(6-20-25)15(22-18(19)23-16)21-9-4-2-3-5-9/h6,9,11,13-14,17,27-28H,2-5,7-8H2,1H3,(H,21,22,23)(H2,29,30,31)/t11-,13-,14-,17-/m1/s1. The maximum Gasteiger partial charge on any atom is 0.334 e. The predicted octanol–water partition coefficient (Wildman–Crippen LogP) is 0.0895. The van der Waals surface area contributed by atoms with Gasteiger partial charge in [-0.15, -0.1) is 0 Å². The number of carbonyl (C=O) groups excluding carboxylic acids is 1. The normalized spacial score (nSPS) is 26.2. The van der Waals surface area contributed by atoms with Crippen molar-refractivity contribution in [2.45, 2.75) is 56.3 Å². The molecule has 2 fully saturated rings. The Morgan fingerprint density at radius 2 is 2.00 bits per heavy atom. The summed E-state index contributed by atoms with van der Waals surface area (Å²) in [5.41, 5.74) is 0.304. The Morgan fingerprint density at radius 3 is 2.67 bits per heavy atom. The maximum atomic E-state index is 12.0. The van der Waals surface area contributed by atoms with Gasteiger partial charge in [0.1, 0.15) is 30.3 Å². The zero-order chi connectivity index (χ0) is 23.9. The second-order valence-electron chi connectivity index (χ2n) is 8.44. The van der Waals surface area contributed by atoms with Gasteiger partial charge < -0.3 is 35.0 Å². The molecule has 1 saturated carbocycles. The van der Waals surface area contributed by atoms with Gasteiger partial charge in [0, 0.05) is 19.6 Å². The van der Waals surface area contributed by atoms with Crippen LogP contribution in [-0.2, 0) is 14.1 Å². The van der Waals surface area contributed by atoms with Crippen LogP contribution in [0.15, 0.2) is 6.20 Å². The van der Waals surface area contributed by atoms with Crippen LogP contribution in [0.1, 0.15) is 31.9 Å². The fraction of sp³-hybridized carbons (Fsp3) is 0.667. The molecule has 3 heterocycles. The number of aliphatic hydroxyl groups excluding tert-OH is 2. The number of fused-ring (bicyclic) bond motifs is 1. The lowest BCUT2D eigenvalue weighted by Gasteiger charge is -2.23. The van der Waals surface area contributed by atoms with Gasteiger partial charge in [-0.2, -0.15) is 15.1 Å². The summed E-state index contributed by atoms with van der Waals surface area (Å²) in [6, 6.07) is 0.267. The van der Waals surface area contributed by atoms with Gasteiger partial charge in [0.25, 0.3) is 0 Å². The zero-order valence-corrected chi connectivity index (χ0v) is 19.4. The second kappa shape index (κ2) is 9.41. The summed E-state index contributed by atoms with van der Waals surface area (Å²) < 4.78 is 18.2. The van der Waals surface area contributed by atoms with Crippen molar-refractivity contribution in [2.75, 3.05) is 25.1 Å². The van der Waals surface area contributed by atoms with Crippen LogP contribution in [0.3, 0.4) is 0 Å². The van der Waals surface area contributed by atoms with E-state index in [4.69, 9.17) is 26.1 Å². The fourth-order valence-electron chi connectivity index (χ4n) is 4.21. The highest BCUT2D eigenvalue weighted by molar-refractivity contribution is 7.52. The number of nitrogens with one attached hydrogen (secondary N) is 1. The fourth-order valence-corrected chi connectivity index (χ4v) is 4.97. The molecule has 1 aliphatic heterocycles. The first-order valence-electron chi connectivity index (χ1n) is 10.5. The van der Waals surface area contributed by atoms with Crippen LogP contribution in [-0.4, -0.2) is 94.7 Å². The third-order valence-electron chi connectivity index (χ3n) is 5.92. The summed E-state index contributed by atoms with van der Waals surface area (Å²) >= 11 is 6.13. The van der Waals surface area contributed by atoms with E-state index in [2.05, 4.69) is 20.4 Å². The summed E-state index contributed by atoms with van der Waals surface area (Å²) in [6.45, 7) is -0.197. The van der Waals surface area contributed by atoms with Crippen molar-refractivity contribution in [2.24, 2.45) is 0 Å². The number of likely N-dealkylation sites (N-methyl/N-ethyl adjacent to an activating group) is 1. The highest BCUT2D eigenvalue weighted by Crippen LogP contribution is 2.36. The monoisotopic (exact) mass is 504 g/mol. The van der Waals surface area contributed by atoms with E-state index in [9.17, 15) is 19.6 Å². The molecule has 33 heavy (non-hydrogen) atoms. The van der Waals surface area contributed by atoms with Crippen molar-refractivity contribution in [3.05, 3.63) is 11.5 Å². The van der Waals surface area contributed by atoms with Gasteiger partial charge in [-0.05, 0) is 24.4 Å². The van der Waals surface area contributed by atoms with Gasteiger partial charge in [0.05, 0.1) is 11.6 Å². The molecule has 0 aromatic carbocycles. The lowest BCUT2D eigenvalue weighted by Crippen LogP contribution is -2.41. The average molecular weight is 505 g/mol. The molecule has 0 radical (unpaired) electrons. The third kappa shape index (κ3) is 5.29. The van der Waals surface area contributed by atoms with Crippen LogP contribution in [0.4, 0.5) is 5.82 Å². The quantitative estimate of drug-likeness (QED) is 0.254. The topological polar surface area (TPSA) is 183 Å². The number of aliphatic hydroxyl groups is 2. The number of aromatic nitrogens is 4. The molecule has 2 aromatic heterocycles. The minimum absolute atomic E-state index is 0.0166. The van der Waals surface area contributed by atoms with Crippen LogP contribution in [0.25, 0.3) is 11.0 Å². The predicted molar refractivity (Wildman–Crippen MR) is 117 cm³/mol. The molecular formula is C18H26ClN6O7P. The van der Waals surface area contributed by atoms with Crippen LogP contribution in [0, 0.1) is 0 Å². The molecule has 1 saturated heterocycles. The molecule has 2 aliphatic rings. The Bertz CT molecular complexity index is 1070. The minimum atomic E-state index is -4.54. The van der Waals surface area contributed by atoms with Crippen molar-refractivity contribution in [1.82, 2.24) is 24.6 Å². The number of ether oxygens (including phenoxy) is 1. The number of carbonyl (C=O) groups is 1. The zero-order valence-electron chi connectivity index (χ0n) is 17.8. The van der Waals surface area contributed by atoms with Crippen molar-refractivity contribution >= 4 is 42.0 Å². The number of rotatable bonds is 7. The molecule has 1 amide bonds. The molecule has 1 aliphatic carbocycles. The molecular weight excluding hydrogens is 479 g/mol. The SMILES string of the molecule is CN(C[C@H]1O[C@@H](n2ncc3c(NC4CCCC4)nc(Cl)nc32)[C@H](O)[C@@H]1O)C(=O)CP(=O)(O)O. The maximum absolute atomic E-state index is 12.0. The molecule has 2 aromatic rings. The number of amides is 1. The molecule has 15 heteroatoms. The highest BCUT2D eigenvalue weighted by atomic mass is 35.5. The average Bonchev–Trinajstić information content (AvgIpc) is 3.43. The lowest BCUT2D eigenvalue weighted by atomic mass is 10.1. The Kier molecular flexibility index (Phi) is 6.92. The van der Waals surface area contributed by atoms with E-state index < -0.39 is 44.2 Å². The van der Waals surface area contributed by atoms with E-state index in [0.29, 0.717) is 16.9 Å². The van der Waals surface area contributed by atoms with Crippen molar-refractivity contribution < 1.29 is 34.1 Å². The van der Waals surface area contributed by atoms with E-state index in [1.165, 1.54) is 17.9 Å². The number of halogens is 1. The number of hydrogen-bond acceptors (Lipinski definition) is 9. The Labute approximate surface area is 193 Å². The first-order valence-corrected chi connectivity index (χ1v) is 12.7. The van der Waals surface area contributed by atoms with Crippen molar-refractivity contribution in [3.8, 4) is 0 Å². The summed E-state index contributed by atoms with van der Waals surface area (Å²) in [5.74, 6) is -0.292. The van der Waals surface area contributed by atoms with E-state index in [1.807, 2.05) is 0 Å². The van der Waals surface area contributed by atoms with Gasteiger partial charge in [-0.25, -0.2) is 4.68 Å². The summed E-state index contributed by atoms with van der Waals surface area (Å²) in [6.07, 6.45) is -0.0783. The third-order valence-corrected chi connectivity index (χ3v) is 6.77. The molecule has 5 N–H and O–H groups in total. The van der Waals surface area contributed by atoms with E-state index >= 15 is 0 Å². The molecule has 0 spiro atoms. The highest BCUT2D eigenvalue weighted by Gasteiger charge is 2.45. The van der Waals surface area contributed by atoms with E-state index in [-0.39, 0.29) is 17.9 Å². The molecule has 0 bridgehead atoms. The first-order chi connectivity index (χ1) is 15.5.